The molecule has 0 heterocycles. The lowest BCUT2D eigenvalue weighted by Crippen LogP contribution is -2.41. The van der Waals surface area contributed by atoms with Crippen LogP contribution in [0.15, 0.2) is 58.4 Å². The van der Waals surface area contributed by atoms with E-state index in [1.807, 2.05) is 0 Å². The van der Waals surface area contributed by atoms with Gasteiger partial charge >= 0.3 is 0 Å². The maximum atomic E-state index is 12.9. The second-order valence-corrected chi connectivity index (χ2v) is 7.39. The van der Waals surface area contributed by atoms with Crippen molar-refractivity contribution in [2.24, 2.45) is 4.99 Å². The molecule has 0 unspecified atom stereocenters. The molecule has 0 radical (unpaired) electrons. The molecule has 150 valence electrons. The van der Waals surface area contributed by atoms with Crippen LogP contribution in [0, 0.1) is 5.82 Å². The van der Waals surface area contributed by atoms with Crippen molar-refractivity contribution in [2.75, 3.05) is 32.4 Å². The Bertz CT molecular complexity index is 786. The second-order valence-electron chi connectivity index (χ2n) is 5.82. The predicted octanol–water partition coefficient (Wildman–Crippen LogP) is 3.56. The van der Waals surface area contributed by atoms with Crippen LogP contribution in [0.2, 0.25) is 5.02 Å². The molecule has 3 N–H and O–H groups in total. The average Bonchev–Trinajstić information content (AvgIpc) is 2.70. The highest BCUT2D eigenvalue weighted by Crippen LogP contribution is 2.18. The number of carbonyl (C=O) groups is 1. The van der Waals surface area contributed by atoms with E-state index in [0.717, 1.165) is 23.6 Å². The summed E-state index contributed by atoms with van der Waals surface area (Å²) in [6, 6.07) is 13.4. The molecule has 0 aliphatic carbocycles. The Kier molecular flexibility index (Phi) is 9.65. The lowest BCUT2D eigenvalue weighted by atomic mass is 10.2. The molecule has 0 spiro atoms. The SMILES string of the molecule is CN=C(NCCCSc1ccc(F)cc1)NCCNC(=O)c1ccccc1Cl. The number of rotatable bonds is 9. The third-order valence-electron chi connectivity index (χ3n) is 3.74. The zero-order valence-corrected chi connectivity index (χ0v) is 17.2. The molecule has 0 saturated carbocycles. The Balaban J connectivity index is 1.58. The van der Waals surface area contributed by atoms with Crippen LogP contribution in [0.5, 0.6) is 0 Å². The molecule has 2 aromatic carbocycles. The van der Waals surface area contributed by atoms with Gasteiger partial charge in [0.2, 0.25) is 0 Å². The normalized spacial score (nSPS) is 11.2. The topological polar surface area (TPSA) is 65.5 Å². The minimum Gasteiger partial charge on any atom is -0.356 e. The number of guanidine groups is 1. The fourth-order valence-corrected chi connectivity index (χ4v) is 3.39. The molecule has 5 nitrogen and oxygen atoms in total. The molecule has 0 fully saturated rings. The fourth-order valence-electron chi connectivity index (χ4n) is 2.32. The molecular weight excluding hydrogens is 399 g/mol. The van der Waals surface area contributed by atoms with E-state index in [2.05, 4.69) is 20.9 Å². The number of benzene rings is 2. The summed E-state index contributed by atoms with van der Waals surface area (Å²) in [4.78, 5) is 17.3. The number of nitrogens with zero attached hydrogens (tertiary/aromatic N) is 1. The van der Waals surface area contributed by atoms with Crippen LogP contribution in [-0.4, -0.2) is 44.3 Å². The van der Waals surface area contributed by atoms with Gasteiger partial charge in [0.25, 0.3) is 5.91 Å². The third-order valence-corrected chi connectivity index (χ3v) is 5.17. The summed E-state index contributed by atoms with van der Waals surface area (Å²) in [7, 11) is 1.70. The van der Waals surface area contributed by atoms with Crippen LogP contribution >= 0.6 is 23.4 Å². The van der Waals surface area contributed by atoms with Crippen molar-refractivity contribution in [3.63, 3.8) is 0 Å². The van der Waals surface area contributed by atoms with Crippen LogP contribution in [0.1, 0.15) is 16.8 Å². The summed E-state index contributed by atoms with van der Waals surface area (Å²) in [6.45, 7) is 1.76. The summed E-state index contributed by atoms with van der Waals surface area (Å²) in [5.41, 5.74) is 0.463. The highest BCUT2D eigenvalue weighted by molar-refractivity contribution is 7.99. The van der Waals surface area contributed by atoms with Gasteiger partial charge in [-0.1, -0.05) is 23.7 Å². The predicted molar refractivity (Wildman–Crippen MR) is 115 cm³/mol. The van der Waals surface area contributed by atoms with Gasteiger partial charge in [-0.3, -0.25) is 9.79 Å². The van der Waals surface area contributed by atoms with Crippen molar-refractivity contribution in [3.8, 4) is 0 Å². The smallest absolute Gasteiger partial charge is 0.252 e. The molecule has 8 heteroatoms. The quantitative estimate of drug-likeness (QED) is 0.250. The largest absolute Gasteiger partial charge is 0.356 e. The molecule has 2 aromatic rings. The molecule has 0 aromatic heterocycles. The molecular formula is C20H24ClFN4OS. The van der Waals surface area contributed by atoms with Gasteiger partial charge in [0.1, 0.15) is 5.82 Å². The number of nitrogens with one attached hydrogen (secondary N) is 3. The minimum absolute atomic E-state index is 0.201. The molecule has 28 heavy (non-hydrogen) atoms. The zero-order chi connectivity index (χ0) is 20.2. The molecule has 1 amide bonds. The van der Waals surface area contributed by atoms with Gasteiger partial charge in [0, 0.05) is 31.6 Å². The van der Waals surface area contributed by atoms with Gasteiger partial charge in [-0.05, 0) is 48.6 Å². The van der Waals surface area contributed by atoms with Crippen LogP contribution < -0.4 is 16.0 Å². The highest BCUT2D eigenvalue weighted by Gasteiger charge is 2.08. The van der Waals surface area contributed by atoms with Crippen molar-refractivity contribution >= 4 is 35.2 Å². The summed E-state index contributed by atoms with van der Waals surface area (Å²) in [5, 5.41) is 9.63. The first kappa shape index (κ1) is 22.0. The first-order valence-corrected chi connectivity index (χ1v) is 10.3. The van der Waals surface area contributed by atoms with E-state index in [1.165, 1.54) is 12.1 Å². The van der Waals surface area contributed by atoms with Gasteiger partial charge in [0.15, 0.2) is 5.96 Å². The van der Waals surface area contributed by atoms with Crippen LogP contribution in [0.3, 0.4) is 0 Å². The van der Waals surface area contributed by atoms with Crippen molar-refractivity contribution < 1.29 is 9.18 Å². The Morgan fingerprint density at radius 1 is 1.04 bits per heavy atom. The second kappa shape index (κ2) is 12.3. The van der Waals surface area contributed by atoms with Crippen molar-refractivity contribution in [1.82, 2.24) is 16.0 Å². The summed E-state index contributed by atoms with van der Waals surface area (Å²) < 4.78 is 12.9. The van der Waals surface area contributed by atoms with E-state index < -0.39 is 0 Å². The average molecular weight is 423 g/mol. The van der Waals surface area contributed by atoms with Crippen molar-refractivity contribution in [3.05, 3.63) is 64.9 Å². The third kappa shape index (κ3) is 7.78. The number of amides is 1. The maximum Gasteiger partial charge on any atom is 0.252 e. The minimum atomic E-state index is -0.219. The number of hydrogen-bond donors (Lipinski definition) is 3. The number of halogens is 2. The first-order valence-electron chi connectivity index (χ1n) is 8.96. The maximum absolute atomic E-state index is 12.9. The number of hydrogen-bond acceptors (Lipinski definition) is 3. The number of aliphatic imine (C=N–C) groups is 1. The Labute approximate surface area is 174 Å². The fraction of sp³-hybridized carbons (Fsp3) is 0.300. The Hall–Kier alpha value is -2.25. The molecule has 0 bridgehead atoms. The Morgan fingerprint density at radius 3 is 2.43 bits per heavy atom. The monoisotopic (exact) mass is 422 g/mol. The van der Waals surface area contributed by atoms with E-state index in [0.29, 0.717) is 29.6 Å². The zero-order valence-electron chi connectivity index (χ0n) is 15.7. The summed E-state index contributed by atoms with van der Waals surface area (Å²) in [6.07, 6.45) is 0.936. The van der Waals surface area contributed by atoms with Gasteiger partial charge in [0.05, 0.1) is 10.6 Å². The molecule has 2 rings (SSSR count). The molecule has 0 aliphatic heterocycles. The summed E-state index contributed by atoms with van der Waals surface area (Å²) in [5.74, 6) is 1.18. The number of thioether (sulfide) groups is 1. The van der Waals surface area contributed by atoms with Gasteiger partial charge in [-0.2, -0.15) is 0 Å². The van der Waals surface area contributed by atoms with E-state index in [4.69, 9.17) is 11.6 Å². The lowest BCUT2D eigenvalue weighted by molar-refractivity contribution is 0.0954. The van der Waals surface area contributed by atoms with Gasteiger partial charge in [-0.25, -0.2) is 4.39 Å². The van der Waals surface area contributed by atoms with Gasteiger partial charge < -0.3 is 16.0 Å². The summed E-state index contributed by atoms with van der Waals surface area (Å²) >= 11 is 7.70. The van der Waals surface area contributed by atoms with Crippen LogP contribution in [0.4, 0.5) is 4.39 Å². The van der Waals surface area contributed by atoms with Crippen LogP contribution in [-0.2, 0) is 0 Å². The van der Waals surface area contributed by atoms with E-state index in [1.54, 1.807) is 55.2 Å². The first-order chi connectivity index (χ1) is 13.6. The lowest BCUT2D eigenvalue weighted by Gasteiger charge is -2.12. The van der Waals surface area contributed by atoms with E-state index >= 15 is 0 Å². The van der Waals surface area contributed by atoms with Crippen molar-refractivity contribution in [2.45, 2.75) is 11.3 Å². The standard InChI is InChI=1S/C20H24ClFN4OS/c1-23-20(25-11-4-14-28-16-9-7-15(22)8-10-16)26-13-12-24-19(27)17-5-2-3-6-18(17)21/h2-3,5-10H,4,11-14H2,1H3,(H,24,27)(H2,23,25,26). The van der Waals surface area contributed by atoms with E-state index in [9.17, 15) is 9.18 Å². The molecule has 0 atom stereocenters. The molecule has 0 aliphatic rings. The van der Waals surface area contributed by atoms with Gasteiger partial charge in [-0.15, -0.1) is 11.8 Å². The number of carbonyl (C=O) groups excluding carboxylic acids is 1. The van der Waals surface area contributed by atoms with Crippen molar-refractivity contribution in [1.29, 1.82) is 0 Å². The Morgan fingerprint density at radius 2 is 1.71 bits per heavy atom. The molecule has 0 saturated heterocycles. The van der Waals surface area contributed by atoms with E-state index in [-0.39, 0.29) is 11.7 Å². The highest BCUT2D eigenvalue weighted by atomic mass is 35.5. The van der Waals surface area contributed by atoms with Crippen LogP contribution in [0.25, 0.3) is 0 Å².